The Bertz CT molecular complexity index is 796. The Morgan fingerprint density at radius 1 is 1.04 bits per heavy atom. The van der Waals surface area contributed by atoms with Crippen LogP contribution in [0.5, 0.6) is 5.75 Å². The maximum absolute atomic E-state index is 5.81. The van der Waals surface area contributed by atoms with Crippen LogP contribution in [0, 0.1) is 0 Å². The van der Waals surface area contributed by atoms with Crippen molar-refractivity contribution in [2.45, 2.75) is 6.61 Å². The van der Waals surface area contributed by atoms with Crippen molar-refractivity contribution in [1.29, 1.82) is 0 Å². The fraction of sp³-hybridized carbons (Fsp3) is 0.0556. The fourth-order valence-corrected chi connectivity index (χ4v) is 3.09. The SMILES string of the molecule is Brc1ccc(COc2ccc(C=Nc3ccco3)cc2)c(Br)c1. The monoisotopic (exact) mass is 433 g/mol. The summed E-state index contributed by atoms with van der Waals surface area (Å²) in [6.45, 7) is 0.508. The zero-order valence-corrected chi connectivity index (χ0v) is 15.2. The van der Waals surface area contributed by atoms with Gasteiger partial charge in [0.15, 0.2) is 0 Å². The molecule has 0 spiro atoms. The average Bonchev–Trinajstić information content (AvgIpc) is 3.07. The average molecular weight is 435 g/mol. The minimum atomic E-state index is 0.508. The highest BCUT2D eigenvalue weighted by atomic mass is 79.9. The van der Waals surface area contributed by atoms with Gasteiger partial charge in [-0.3, -0.25) is 0 Å². The van der Waals surface area contributed by atoms with Crippen molar-refractivity contribution in [1.82, 2.24) is 0 Å². The third-order valence-electron chi connectivity index (χ3n) is 3.14. The third-order valence-corrected chi connectivity index (χ3v) is 4.37. The molecule has 0 aliphatic rings. The van der Waals surface area contributed by atoms with E-state index in [1.54, 1.807) is 12.5 Å². The first kappa shape index (κ1) is 16.0. The van der Waals surface area contributed by atoms with E-state index in [2.05, 4.69) is 36.9 Å². The van der Waals surface area contributed by atoms with E-state index in [4.69, 9.17) is 9.15 Å². The van der Waals surface area contributed by atoms with Gasteiger partial charge in [-0.15, -0.1) is 0 Å². The van der Waals surface area contributed by atoms with E-state index in [-0.39, 0.29) is 0 Å². The highest BCUT2D eigenvalue weighted by Gasteiger charge is 2.02. The van der Waals surface area contributed by atoms with Gasteiger partial charge in [-0.1, -0.05) is 37.9 Å². The highest BCUT2D eigenvalue weighted by molar-refractivity contribution is 9.11. The number of aliphatic imine (C=N–C) groups is 1. The van der Waals surface area contributed by atoms with Crippen LogP contribution in [0.4, 0.5) is 5.88 Å². The minimum absolute atomic E-state index is 0.508. The van der Waals surface area contributed by atoms with Crippen molar-refractivity contribution >= 4 is 44.0 Å². The van der Waals surface area contributed by atoms with Gasteiger partial charge in [0, 0.05) is 26.8 Å². The molecule has 0 aliphatic heterocycles. The number of ether oxygens (including phenoxy) is 1. The summed E-state index contributed by atoms with van der Waals surface area (Å²) in [4.78, 5) is 4.24. The van der Waals surface area contributed by atoms with Gasteiger partial charge in [0.2, 0.25) is 5.88 Å². The van der Waals surface area contributed by atoms with E-state index >= 15 is 0 Å². The van der Waals surface area contributed by atoms with Crippen LogP contribution in [0.1, 0.15) is 11.1 Å². The molecule has 0 amide bonds. The van der Waals surface area contributed by atoms with Crippen LogP contribution in [-0.2, 0) is 6.61 Å². The molecule has 0 unspecified atom stereocenters. The molecule has 1 heterocycles. The number of hydrogen-bond acceptors (Lipinski definition) is 3. The molecule has 0 saturated carbocycles. The molecule has 2 aromatic carbocycles. The van der Waals surface area contributed by atoms with Gasteiger partial charge in [0.25, 0.3) is 0 Å². The summed E-state index contributed by atoms with van der Waals surface area (Å²) < 4.78 is 13.0. The van der Waals surface area contributed by atoms with Gasteiger partial charge in [-0.25, -0.2) is 4.99 Å². The predicted molar refractivity (Wildman–Crippen MR) is 98.6 cm³/mol. The number of hydrogen-bond donors (Lipinski definition) is 0. The van der Waals surface area contributed by atoms with Gasteiger partial charge in [0.1, 0.15) is 12.4 Å². The van der Waals surface area contributed by atoms with Crippen molar-refractivity contribution < 1.29 is 9.15 Å². The van der Waals surface area contributed by atoms with Crippen LogP contribution in [0.15, 0.2) is 79.2 Å². The topological polar surface area (TPSA) is 34.7 Å². The predicted octanol–water partition coefficient (Wildman–Crippen LogP) is 6.13. The summed E-state index contributed by atoms with van der Waals surface area (Å²) in [6.07, 6.45) is 3.36. The number of nitrogens with zero attached hydrogens (tertiary/aromatic N) is 1. The van der Waals surface area contributed by atoms with E-state index < -0.39 is 0 Å². The lowest BCUT2D eigenvalue weighted by Crippen LogP contribution is -1.96. The third kappa shape index (κ3) is 4.56. The van der Waals surface area contributed by atoms with E-state index in [1.807, 2.05) is 54.6 Å². The molecule has 23 heavy (non-hydrogen) atoms. The van der Waals surface area contributed by atoms with Gasteiger partial charge in [-0.05, 0) is 48.0 Å². The number of benzene rings is 2. The lowest BCUT2D eigenvalue weighted by molar-refractivity contribution is 0.305. The smallest absolute Gasteiger partial charge is 0.218 e. The molecule has 0 fully saturated rings. The van der Waals surface area contributed by atoms with Gasteiger partial charge >= 0.3 is 0 Å². The van der Waals surface area contributed by atoms with Crippen molar-refractivity contribution in [3.8, 4) is 5.75 Å². The first-order valence-corrected chi connectivity index (χ1v) is 8.54. The molecule has 0 aliphatic carbocycles. The zero-order valence-electron chi connectivity index (χ0n) is 12.1. The molecule has 0 atom stereocenters. The van der Waals surface area contributed by atoms with Gasteiger partial charge in [0.05, 0.1) is 6.26 Å². The van der Waals surface area contributed by atoms with E-state index in [0.717, 1.165) is 25.8 Å². The Labute approximate surface area is 151 Å². The lowest BCUT2D eigenvalue weighted by Gasteiger charge is -2.08. The van der Waals surface area contributed by atoms with Crippen LogP contribution in [0.2, 0.25) is 0 Å². The molecular formula is C18H13Br2NO2. The number of rotatable bonds is 5. The number of furan rings is 1. The van der Waals surface area contributed by atoms with Gasteiger partial charge < -0.3 is 9.15 Å². The summed E-state index contributed by atoms with van der Waals surface area (Å²) >= 11 is 6.97. The van der Waals surface area contributed by atoms with Crippen LogP contribution in [0.3, 0.4) is 0 Å². The molecule has 0 radical (unpaired) electrons. The van der Waals surface area contributed by atoms with Crippen molar-refractivity contribution in [2.75, 3.05) is 0 Å². The van der Waals surface area contributed by atoms with Crippen LogP contribution >= 0.6 is 31.9 Å². The molecule has 5 heteroatoms. The quantitative estimate of drug-likeness (QED) is 0.452. The van der Waals surface area contributed by atoms with Crippen LogP contribution in [0.25, 0.3) is 0 Å². The Hall–Kier alpha value is -1.85. The first-order valence-electron chi connectivity index (χ1n) is 6.95. The van der Waals surface area contributed by atoms with Crippen molar-refractivity contribution in [3.63, 3.8) is 0 Å². The second-order valence-corrected chi connectivity index (χ2v) is 6.57. The molecule has 0 N–H and O–H groups in total. The Morgan fingerprint density at radius 2 is 1.87 bits per heavy atom. The molecule has 116 valence electrons. The fourth-order valence-electron chi connectivity index (χ4n) is 1.93. The number of halogens is 2. The van der Waals surface area contributed by atoms with Crippen LogP contribution in [-0.4, -0.2) is 6.21 Å². The summed E-state index contributed by atoms with van der Waals surface area (Å²) in [5.41, 5.74) is 2.08. The molecule has 0 saturated heterocycles. The molecule has 3 rings (SSSR count). The highest BCUT2D eigenvalue weighted by Crippen LogP contribution is 2.23. The van der Waals surface area contributed by atoms with Crippen molar-refractivity contribution in [2.24, 2.45) is 4.99 Å². The van der Waals surface area contributed by atoms with E-state index in [1.165, 1.54) is 0 Å². The Morgan fingerprint density at radius 3 is 2.57 bits per heavy atom. The summed E-state index contributed by atoms with van der Waals surface area (Å²) in [5, 5.41) is 0. The normalized spacial score (nSPS) is 11.0. The Balaban J connectivity index is 1.61. The summed E-state index contributed by atoms with van der Waals surface area (Å²) in [7, 11) is 0. The van der Waals surface area contributed by atoms with E-state index in [0.29, 0.717) is 12.5 Å². The standard InChI is InChI=1S/C18H13Br2NO2/c19-15-6-5-14(17(20)10-15)12-23-16-7-3-13(4-8-16)11-21-18-2-1-9-22-18/h1-11H,12H2. The molecule has 1 aromatic heterocycles. The minimum Gasteiger partial charge on any atom is -0.489 e. The molecule has 3 nitrogen and oxygen atoms in total. The first-order chi connectivity index (χ1) is 11.2. The van der Waals surface area contributed by atoms with Crippen LogP contribution < -0.4 is 4.74 Å². The largest absolute Gasteiger partial charge is 0.489 e. The molecular weight excluding hydrogens is 422 g/mol. The molecule has 3 aromatic rings. The van der Waals surface area contributed by atoms with Gasteiger partial charge in [-0.2, -0.15) is 0 Å². The molecule has 0 bridgehead atoms. The second kappa shape index (κ2) is 7.62. The summed E-state index contributed by atoms with van der Waals surface area (Å²) in [5.74, 6) is 1.40. The van der Waals surface area contributed by atoms with E-state index in [9.17, 15) is 0 Å². The maximum atomic E-state index is 5.81. The second-order valence-electron chi connectivity index (χ2n) is 4.80. The van der Waals surface area contributed by atoms with Crippen molar-refractivity contribution in [3.05, 3.63) is 80.9 Å². The lowest BCUT2D eigenvalue weighted by atomic mass is 10.2. The maximum Gasteiger partial charge on any atom is 0.218 e. The summed E-state index contributed by atoms with van der Waals surface area (Å²) in [6, 6.07) is 17.4. The Kier molecular flexibility index (Phi) is 5.31. The zero-order chi connectivity index (χ0) is 16.1.